The molecule has 1 atom stereocenters. The van der Waals surface area contributed by atoms with Gasteiger partial charge >= 0.3 is 13.2 Å². The average molecular weight is 517 g/mol. The van der Waals surface area contributed by atoms with Gasteiger partial charge in [0.1, 0.15) is 36.7 Å². The van der Waals surface area contributed by atoms with Crippen LogP contribution in [-0.2, 0) is 27.9 Å². The maximum atomic E-state index is 12.0. The first kappa shape index (κ1) is 28.3. The topological polar surface area (TPSA) is 64.7 Å². The zero-order valence-electron chi connectivity index (χ0n) is 19.3. The second kappa shape index (κ2) is 13.8. The quantitative estimate of drug-likeness (QED) is 0.113. The fraction of sp³-hybridized carbons (Fsp3) is 0.409. The first-order valence-corrected chi connectivity index (χ1v) is 11.9. The number of esters is 1. The minimum Gasteiger partial charge on any atom is -0.494 e. The third-order valence-electron chi connectivity index (χ3n) is 4.69. The normalized spacial score (nSPS) is 15.4. The van der Waals surface area contributed by atoms with Gasteiger partial charge in [-0.1, -0.05) is 18.2 Å². The van der Waals surface area contributed by atoms with Crippen LogP contribution in [0.2, 0.25) is 0 Å². The third-order valence-corrected chi connectivity index (χ3v) is 5.95. The Morgan fingerprint density at radius 3 is 2.54 bits per heavy atom. The highest BCUT2D eigenvalue weighted by Crippen LogP contribution is 2.38. The molecule has 0 radical (unpaired) electrons. The predicted molar refractivity (Wildman–Crippen MR) is 125 cm³/mol. The molecule has 1 aromatic heterocycles. The number of imidazole rings is 1. The maximum absolute atomic E-state index is 12.0. The minimum atomic E-state index is -6.00. The number of thioether (sulfide) groups is 1. The largest absolute Gasteiger partial charge is 0.673 e. The summed E-state index contributed by atoms with van der Waals surface area (Å²) in [5.74, 6) is 1.17. The van der Waals surface area contributed by atoms with Gasteiger partial charge in [0.15, 0.2) is 0 Å². The van der Waals surface area contributed by atoms with Gasteiger partial charge in [0, 0.05) is 13.0 Å². The Bertz CT molecular complexity index is 966. The van der Waals surface area contributed by atoms with Gasteiger partial charge in [-0.05, 0) is 24.1 Å². The number of hydrogen-bond donors (Lipinski definition) is 0. The van der Waals surface area contributed by atoms with Crippen LogP contribution in [0, 0.1) is 0 Å². The number of nitrogens with zero attached hydrogens (tertiary/aromatic N) is 3. The molecule has 192 valence electrons. The number of hydrogen-bond acceptors (Lipinski definition) is 5. The molecule has 0 aliphatic carbocycles. The zero-order chi connectivity index (χ0) is 25.8. The molecule has 0 N–H and O–H groups in total. The molecule has 1 unspecified atom stereocenters. The van der Waals surface area contributed by atoms with Gasteiger partial charge in [-0.3, -0.25) is 9.59 Å². The summed E-state index contributed by atoms with van der Waals surface area (Å²) in [4.78, 5) is 25.6. The number of halogens is 4. The van der Waals surface area contributed by atoms with E-state index in [4.69, 9.17) is 9.47 Å². The first-order valence-electron chi connectivity index (χ1n) is 10.9. The van der Waals surface area contributed by atoms with E-state index in [1.54, 1.807) is 17.8 Å². The second-order valence-electron chi connectivity index (χ2n) is 7.55. The molecule has 1 aliphatic rings. The van der Waals surface area contributed by atoms with Gasteiger partial charge in [0.05, 0.1) is 19.4 Å². The lowest BCUT2D eigenvalue weighted by Gasteiger charge is -2.22. The maximum Gasteiger partial charge on any atom is 0.673 e. The Hall–Kier alpha value is -2.96. The van der Waals surface area contributed by atoms with Crippen molar-refractivity contribution < 1.29 is 40.9 Å². The summed E-state index contributed by atoms with van der Waals surface area (Å²) >= 11 is 1.62. The standard InChI is InChI=1S/C22H28N3O4S.BF4/c1-3-10-25-20(26)16-30-22(25)18-6-8-19(9-7-18)28-14-4-5-21(27)29-15-13-24-12-11-23(2)17-24;2-1(3,4)5/h3,6-9,11-12,17,22H,1,4-5,10,13-16H2,2H3;/q+1;-1. The van der Waals surface area contributed by atoms with Crippen molar-refractivity contribution in [2.75, 3.05) is 25.5 Å². The van der Waals surface area contributed by atoms with Crippen molar-refractivity contribution in [2.24, 2.45) is 7.05 Å². The number of ether oxygens (including phenoxy) is 2. The molecular formula is C22H28BF4N3O4S. The van der Waals surface area contributed by atoms with Crippen LogP contribution in [-0.4, -0.2) is 54.1 Å². The number of carbonyl (C=O) groups is 2. The molecule has 3 rings (SSSR count). The summed E-state index contributed by atoms with van der Waals surface area (Å²) in [6.07, 6.45) is 8.49. The van der Waals surface area contributed by atoms with E-state index in [9.17, 15) is 26.9 Å². The average Bonchev–Trinajstić information content (AvgIpc) is 3.36. The summed E-state index contributed by atoms with van der Waals surface area (Å²) in [5.41, 5.74) is 1.07. The zero-order valence-corrected chi connectivity index (χ0v) is 20.1. The van der Waals surface area contributed by atoms with Crippen LogP contribution in [0.25, 0.3) is 0 Å². The SMILES string of the molecule is C=CCN1C(=O)CSC1c1ccc(OCCCC(=O)OCCn2cc[n+](C)c2)cc1.F[B-](F)(F)F. The highest BCUT2D eigenvalue weighted by atomic mass is 32.2. The van der Waals surface area contributed by atoms with Crippen molar-refractivity contribution in [1.29, 1.82) is 0 Å². The second-order valence-corrected chi connectivity index (χ2v) is 8.62. The van der Waals surface area contributed by atoms with Crippen LogP contribution in [0.15, 0.2) is 55.6 Å². The Morgan fingerprint density at radius 1 is 1.26 bits per heavy atom. The number of aryl methyl sites for hydroxylation is 1. The third kappa shape index (κ3) is 10.9. The van der Waals surface area contributed by atoms with E-state index in [0.717, 1.165) is 11.3 Å². The van der Waals surface area contributed by atoms with Gasteiger partial charge in [-0.2, -0.15) is 0 Å². The van der Waals surface area contributed by atoms with Gasteiger partial charge in [-0.25, -0.2) is 9.13 Å². The van der Waals surface area contributed by atoms with Crippen LogP contribution >= 0.6 is 11.8 Å². The summed E-state index contributed by atoms with van der Waals surface area (Å²) in [6, 6.07) is 7.77. The summed E-state index contributed by atoms with van der Waals surface area (Å²) in [7, 11) is -4.05. The van der Waals surface area contributed by atoms with Crippen molar-refractivity contribution in [3.63, 3.8) is 0 Å². The summed E-state index contributed by atoms with van der Waals surface area (Å²) < 4.78 is 53.9. The lowest BCUT2D eigenvalue weighted by atomic mass is 10.2. The number of carbonyl (C=O) groups excluding carboxylic acids is 2. The first-order chi connectivity index (χ1) is 16.6. The van der Waals surface area contributed by atoms with Crippen molar-refractivity contribution in [3.8, 4) is 5.75 Å². The lowest BCUT2D eigenvalue weighted by Crippen LogP contribution is -2.28. The molecular weight excluding hydrogens is 489 g/mol. The van der Waals surface area contributed by atoms with Gasteiger partial charge in [-0.15, -0.1) is 18.3 Å². The molecule has 0 saturated carbocycles. The molecule has 0 bridgehead atoms. The molecule has 1 fully saturated rings. The minimum absolute atomic E-state index is 0.0216. The highest BCUT2D eigenvalue weighted by molar-refractivity contribution is 8.00. The van der Waals surface area contributed by atoms with Gasteiger partial charge in [0.2, 0.25) is 12.2 Å². The molecule has 2 heterocycles. The van der Waals surface area contributed by atoms with E-state index in [2.05, 4.69) is 6.58 Å². The molecule has 1 aliphatic heterocycles. The Balaban J connectivity index is 0.000000784. The van der Waals surface area contributed by atoms with Crippen molar-refractivity contribution in [2.45, 2.75) is 24.8 Å². The smallest absolute Gasteiger partial charge is 0.494 e. The van der Waals surface area contributed by atoms with Crippen LogP contribution in [0.4, 0.5) is 17.3 Å². The molecule has 7 nitrogen and oxygen atoms in total. The van der Waals surface area contributed by atoms with Crippen molar-refractivity contribution >= 4 is 30.9 Å². The van der Waals surface area contributed by atoms with E-state index in [-0.39, 0.29) is 17.3 Å². The molecule has 0 spiro atoms. The predicted octanol–water partition coefficient (Wildman–Crippen LogP) is 3.78. The van der Waals surface area contributed by atoms with E-state index >= 15 is 0 Å². The fourth-order valence-corrected chi connectivity index (χ4v) is 4.37. The Kier molecular flexibility index (Phi) is 11.2. The highest BCUT2D eigenvalue weighted by Gasteiger charge is 2.31. The van der Waals surface area contributed by atoms with Crippen LogP contribution in [0.3, 0.4) is 0 Å². The number of aromatic nitrogens is 2. The van der Waals surface area contributed by atoms with E-state index in [1.165, 1.54) is 0 Å². The number of rotatable bonds is 11. The van der Waals surface area contributed by atoms with Crippen molar-refractivity contribution in [1.82, 2.24) is 9.47 Å². The van der Waals surface area contributed by atoms with Gasteiger partial charge in [0.25, 0.3) is 0 Å². The lowest BCUT2D eigenvalue weighted by molar-refractivity contribution is -0.671. The van der Waals surface area contributed by atoms with Crippen molar-refractivity contribution in [3.05, 3.63) is 61.2 Å². The molecule has 1 amide bonds. The van der Waals surface area contributed by atoms with Gasteiger partial charge < -0.3 is 31.6 Å². The molecule has 13 heteroatoms. The molecule has 1 aromatic carbocycles. The Labute approximate surface area is 205 Å². The fourth-order valence-electron chi connectivity index (χ4n) is 3.17. The Morgan fingerprint density at radius 2 is 1.94 bits per heavy atom. The summed E-state index contributed by atoms with van der Waals surface area (Å²) in [5, 5.41) is 0.0216. The molecule has 1 saturated heterocycles. The van der Waals surface area contributed by atoms with E-state index < -0.39 is 7.25 Å². The van der Waals surface area contributed by atoms with Crippen LogP contribution in [0.1, 0.15) is 23.8 Å². The van der Waals surface area contributed by atoms with Crippen LogP contribution < -0.4 is 9.30 Å². The van der Waals surface area contributed by atoms with E-state index in [1.807, 2.05) is 64.1 Å². The number of amides is 1. The summed E-state index contributed by atoms with van der Waals surface area (Å²) in [6.45, 7) is 5.73. The van der Waals surface area contributed by atoms with E-state index in [0.29, 0.717) is 44.9 Å². The molecule has 2 aromatic rings. The molecule has 35 heavy (non-hydrogen) atoms. The van der Waals surface area contributed by atoms with Crippen LogP contribution in [0.5, 0.6) is 5.75 Å². The number of benzene rings is 1. The monoisotopic (exact) mass is 517 g/mol.